The van der Waals surface area contributed by atoms with Crippen LogP contribution in [0.5, 0.6) is 0 Å². The van der Waals surface area contributed by atoms with Gasteiger partial charge in [0.1, 0.15) is 6.29 Å². The van der Waals surface area contributed by atoms with Crippen molar-refractivity contribution in [3.8, 4) is 0 Å². The molecule has 1 heterocycles. The van der Waals surface area contributed by atoms with Gasteiger partial charge >= 0.3 is 5.97 Å². The maximum atomic E-state index is 11.0. The fourth-order valence-electron chi connectivity index (χ4n) is 3.47. The quantitative estimate of drug-likeness (QED) is 0.689. The fraction of sp³-hybridized carbons (Fsp3) is 0.867. The third-order valence-electron chi connectivity index (χ3n) is 4.49. The van der Waals surface area contributed by atoms with Crippen LogP contribution in [0, 0.1) is 11.8 Å². The number of carbonyl (C=O) groups is 2. The van der Waals surface area contributed by atoms with Crippen molar-refractivity contribution in [1.82, 2.24) is 0 Å². The van der Waals surface area contributed by atoms with Crippen LogP contribution in [0.3, 0.4) is 0 Å². The molecule has 0 aromatic rings. The average molecular weight is 300 g/mol. The minimum atomic E-state index is -0.926. The normalized spacial score (nSPS) is 36.5. The van der Waals surface area contributed by atoms with E-state index in [-0.39, 0.29) is 30.7 Å². The number of carboxylic acids is 1. The van der Waals surface area contributed by atoms with Crippen molar-refractivity contribution in [2.24, 2.45) is 11.8 Å². The summed E-state index contributed by atoms with van der Waals surface area (Å²) in [5.74, 6) is -1.38. The van der Waals surface area contributed by atoms with Crippen molar-refractivity contribution >= 4 is 12.3 Å². The van der Waals surface area contributed by atoms with Gasteiger partial charge in [-0.05, 0) is 31.6 Å². The van der Waals surface area contributed by atoms with Crippen molar-refractivity contribution < 1.29 is 29.3 Å². The van der Waals surface area contributed by atoms with Crippen LogP contribution in [0.25, 0.3) is 0 Å². The molecule has 2 rings (SSSR count). The molecule has 1 aliphatic heterocycles. The number of aliphatic hydroxyl groups is 1. The minimum absolute atomic E-state index is 0.0872. The molecule has 6 heteroatoms. The second-order valence-electron chi connectivity index (χ2n) is 5.94. The van der Waals surface area contributed by atoms with E-state index >= 15 is 0 Å². The van der Waals surface area contributed by atoms with E-state index in [9.17, 15) is 14.7 Å². The summed E-state index contributed by atoms with van der Waals surface area (Å²) in [6, 6.07) is 0. The van der Waals surface area contributed by atoms with Crippen LogP contribution >= 0.6 is 0 Å². The summed E-state index contributed by atoms with van der Waals surface area (Å²) < 4.78 is 11.5. The highest BCUT2D eigenvalue weighted by atomic mass is 16.7. The summed E-state index contributed by atoms with van der Waals surface area (Å²) >= 11 is 0. The van der Waals surface area contributed by atoms with Crippen molar-refractivity contribution in [1.29, 1.82) is 0 Å². The SMILES string of the molecule is O=CCCC1C(OC2CCCCO2)CC(O)C1CC(=O)O. The van der Waals surface area contributed by atoms with Gasteiger partial charge in [0.2, 0.25) is 0 Å². The van der Waals surface area contributed by atoms with Gasteiger partial charge in [-0.25, -0.2) is 0 Å². The molecule has 0 bridgehead atoms. The first-order chi connectivity index (χ1) is 10.1. The molecular formula is C15H24O6. The maximum Gasteiger partial charge on any atom is 0.303 e. The Balaban J connectivity index is 1.99. The van der Waals surface area contributed by atoms with E-state index in [2.05, 4.69) is 0 Å². The standard InChI is InChI=1S/C15H24O6/c16-6-3-4-10-11(8-14(18)19)12(17)9-13(10)21-15-5-1-2-7-20-15/h6,10-13,15,17H,1-5,7-9H2,(H,18,19). The Morgan fingerprint density at radius 1 is 1.33 bits per heavy atom. The molecule has 0 spiro atoms. The molecule has 0 radical (unpaired) electrons. The highest BCUT2D eigenvalue weighted by Gasteiger charge is 2.44. The number of aliphatic carboxylic acids is 1. The third-order valence-corrected chi connectivity index (χ3v) is 4.49. The van der Waals surface area contributed by atoms with E-state index in [4.69, 9.17) is 14.6 Å². The predicted molar refractivity (Wildman–Crippen MR) is 73.6 cm³/mol. The van der Waals surface area contributed by atoms with E-state index in [0.29, 0.717) is 25.9 Å². The molecule has 1 saturated heterocycles. The predicted octanol–water partition coefficient (Wildman–Crippen LogP) is 1.35. The van der Waals surface area contributed by atoms with Crippen molar-refractivity contribution in [3.05, 3.63) is 0 Å². The Morgan fingerprint density at radius 2 is 2.14 bits per heavy atom. The van der Waals surface area contributed by atoms with E-state index in [0.717, 1.165) is 25.5 Å². The summed E-state index contributed by atoms with van der Waals surface area (Å²) in [4.78, 5) is 21.6. The first-order valence-corrected chi connectivity index (χ1v) is 7.72. The summed E-state index contributed by atoms with van der Waals surface area (Å²) in [6.45, 7) is 0.678. The molecule has 0 aromatic heterocycles. The van der Waals surface area contributed by atoms with E-state index in [1.807, 2.05) is 0 Å². The van der Waals surface area contributed by atoms with Gasteiger partial charge in [-0.2, -0.15) is 0 Å². The number of aldehydes is 1. The fourth-order valence-corrected chi connectivity index (χ4v) is 3.47. The van der Waals surface area contributed by atoms with E-state index < -0.39 is 12.1 Å². The highest BCUT2D eigenvalue weighted by Crippen LogP contribution is 2.40. The molecule has 21 heavy (non-hydrogen) atoms. The lowest BCUT2D eigenvalue weighted by molar-refractivity contribution is -0.196. The zero-order chi connectivity index (χ0) is 15.2. The average Bonchev–Trinajstić information content (AvgIpc) is 2.73. The molecule has 1 saturated carbocycles. The van der Waals surface area contributed by atoms with Crippen LogP contribution in [0.2, 0.25) is 0 Å². The van der Waals surface area contributed by atoms with Crippen LogP contribution in [-0.2, 0) is 19.1 Å². The number of hydrogen-bond donors (Lipinski definition) is 2. The van der Waals surface area contributed by atoms with Crippen LogP contribution in [0.1, 0.15) is 44.9 Å². The lowest BCUT2D eigenvalue weighted by atomic mass is 9.87. The number of ether oxygens (including phenoxy) is 2. The van der Waals surface area contributed by atoms with E-state index in [1.54, 1.807) is 0 Å². The van der Waals surface area contributed by atoms with Crippen molar-refractivity contribution in [3.63, 3.8) is 0 Å². The van der Waals surface area contributed by atoms with Crippen molar-refractivity contribution in [2.75, 3.05) is 6.61 Å². The Kier molecular flexibility index (Phi) is 6.14. The number of carboxylic acid groups (broad SMARTS) is 1. The van der Waals surface area contributed by atoms with Gasteiger partial charge in [-0.1, -0.05) is 0 Å². The first-order valence-electron chi connectivity index (χ1n) is 7.72. The molecule has 120 valence electrons. The van der Waals surface area contributed by atoms with Gasteiger partial charge in [0.15, 0.2) is 6.29 Å². The van der Waals surface area contributed by atoms with Gasteiger partial charge < -0.3 is 24.5 Å². The lowest BCUT2D eigenvalue weighted by Gasteiger charge is -2.30. The Hall–Kier alpha value is -0.980. The summed E-state index contributed by atoms with van der Waals surface area (Å²) in [5.41, 5.74) is 0. The van der Waals surface area contributed by atoms with Crippen LogP contribution in [-0.4, -0.2) is 47.6 Å². The van der Waals surface area contributed by atoms with Crippen LogP contribution in [0.4, 0.5) is 0 Å². The molecule has 2 aliphatic rings. The van der Waals surface area contributed by atoms with E-state index in [1.165, 1.54) is 0 Å². The minimum Gasteiger partial charge on any atom is -0.481 e. The van der Waals surface area contributed by atoms with Crippen LogP contribution < -0.4 is 0 Å². The second kappa shape index (κ2) is 7.87. The smallest absolute Gasteiger partial charge is 0.303 e. The summed E-state index contributed by atoms with van der Waals surface area (Å²) in [7, 11) is 0. The van der Waals surface area contributed by atoms with Crippen LogP contribution in [0.15, 0.2) is 0 Å². The number of aliphatic hydroxyl groups excluding tert-OH is 1. The third kappa shape index (κ3) is 4.49. The largest absolute Gasteiger partial charge is 0.481 e. The zero-order valence-corrected chi connectivity index (χ0v) is 12.1. The van der Waals surface area contributed by atoms with Gasteiger partial charge in [-0.3, -0.25) is 4.79 Å². The van der Waals surface area contributed by atoms with Gasteiger partial charge in [0.25, 0.3) is 0 Å². The monoisotopic (exact) mass is 300 g/mol. The Morgan fingerprint density at radius 3 is 2.76 bits per heavy atom. The molecule has 6 nitrogen and oxygen atoms in total. The Bertz CT molecular complexity index is 352. The molecule has 2 N–H and O–H groups in total. The summed E-state index contributed by atoms with van der Waals surface area (Å²) in [5, 5.41) is 19.1. The lowest BCUT2D eigenvalue weighted by Crippen LogP contribution is -2.32. The number of rotatable bonds is 7. The Labute approximate surface area is 124 Å². The molecule has 0 aromatic carbocycles. The number of hydrogen-bond acceptors (Lipinski definition) is 5. The molecular weight excluding hydrogens is 276 g/mol. The molecule has 1 aliphatic carbocycles. The maximum absolute atomic E-state index is 11.0. The zero-order valence-electron chi connectivity index (χ0n) is 12.1. The molecule has 5 atom stereocenters. The molecule has 2 fully saturated rings. The number of carbonyl (C=O) groups excluding carboxylic acids is 1. The van der Waals surface area contributed by atoms with Gasteiger partial charge in [0, 0.05) is 25.4 Å². The first kappa shape index (κ1) is 16.4. The van der Waals surface area contributed by atoms with Gasteiger partial charge in [0.05, 0.1) is 18.6 Å². The molecule has 5 unspecified atom stereocenters. The highest BCUT2D eigenvalue weighted by molar-refractivity contribution is 5.67. The second-order valence-corrected chi connectivity index (χ2v) is 5.94. The van der Waals surface area contributed by atoms with Crippen molar-refractivity contribution in [2.45, 2.75) is 63.4 Å². The van der Waals surface area contributed by atoms with Gasteiger partial charge in [-0.15, -0.1) is 0 Å². The topological polar surface area (TPSA) is 93.1 Å². The summed E-state index contributed by atoms with van der Waals surface area (Å²) in [6.07, 6.45) is 3.80. The molecule has 0 amide bonds.